The third-order valence-corrected chi connectivity index (χ3v) is 3.97. The topological polar surface area (TPSA) is 60.4 Å². The highest BCUT2D eigenvalue weighted by Gasteiger charge is 2.24. The second kappa shape index (κ2) is 7.75. The van der Waals surface area contributed by atoms with Gasteiger partial charge >= 0.3 is 6.01 Å². The molecular formula is C14H23ClN4O2. The summed E-state index contributed by atoms with van der Waals surface area (Å²) in [6, 6.07) is 0.304. The minimum Gasteiger partial charge on any atom is -0.460 e. The molecule has 1 saturated carbocycles. The molecule has 1 aromatic heterocycles. The second-order valence-corrected chi connectivity index (χ2v) is 5.46. The monoisotopic (exact) mass is 314 g/mol. The van der Waals surface area contributed by atoms with E-state index >= 15 is 0 Å². The van der Waals surface area contributed by atoms with Crippen molar-refractivity contribution in [3.8, 4) is 6.01 Å². The van der Waals surface area contributed by atoms with E-state index in [2.05, 4.69) is 15.0 Å². The zero-order chi connectivity index (χ0) is 15.2. The quantitative estimate of drug-likeness (QED) is 0.804. The van der Waals surface area contributed by atoms with E-state index in [1.54, 1.807) is 7.11 Å². The molecule has 0 aliphatic heterocycles. The van der Waals surface area contributed by atoms with Gasteiger partial charge in [0.1, 0.15) is 6.10 Å². The van der Waals surface area contributed by atoms with Crippen molar-refractivity contribution in [2.45, 2.75) is 51.7 Å². The average molecular weight is 315 g/mol. The molecule has 0 bridgehead atoms. The first-order valence-corrected chi connectivity index (χ1v) is 7.90. The van der Waals surface area contributed by atoms with Crippen LogP contribution in [0.25, 0.3) is 0 Å². The largest absolute Gasteiger partial charge is 0.460 e. The van der Waals surface area contributed by atoms with Crippen LogP contribution < -0.4 is 9.64 Å². The van der Waals surface area contributed by atoms with Crippen molar-refractivity contribution in [1.82, 2.24) is 15.0 Å². The summed E-state index contributed by atoms with van der Waals surface area (Å²) in [5, 5.41) is 0.168. The summed E-state index contributed by atoms with van der Waals surface area (Å²) in [4.78, 5) is 14.6. The molecule has 0 aromatic carbocycles. The number of halogens is 1. The molecule has 2 atom stereocenters. The lowest BCUT2D eigenvalue weighted by molar-refractivity contribution is 0.0178. The van der Waals surface area contributed by atoms with Gasteiger partial charge in [0, 0.05) is 26.6 Å². The molecule has 1 heterocycles. The Hall–Kier alpha value is -1.14. The zero-order valence-electron chi connectivity index (χ0n) is 12.9. The lowest BCUT2D eigenvalue weighted by Gasteiger charge is -2.28. The summed E-state index contributed by atoms with van der Waals surface area (Å²) in [6.45, 7) is 5.72. The Bertz CT molecular complexity index is 457. The van der Waals surface area contributed by atoms with Crippen molar-refractivity contribution in [1.29, 1.82) is 0 Å². The van der Waals surface area contributed by atoms with E-state index in [4.69, 9.17) is 21.1 Å². The maximum Gasteiger partial charge on any atom is 0.322 e. The van der Waals surface area contributed by atoms with Gasteiger partial charge in [0.25, 0.3) is 0 Å². The second-order valence-electron chi connectivity index (χ2n) is 5.12. The van der Waals surface area contributed by atoms with Crippen molar-refractivity contribution >= 4 is 17.5 Å². The average Bonchev–Trinajstić information content (AvgIpc) is 2.48. The maximum atomic E-state index is 5.99. The minimum atomic E-state index is 0.0757. The molecule has 1 fully saturated rings. The van der Waals surface area contributed by atoms with Crippen LogP contribution in [0, 0.1) is 0 Å². The van der Waals surface area contributed by atoms with Crippen LogP contribution in [-0.4, -0.2) is 47.4 Å². The van der Waals surface area contributed by atoms with E-state index in [1.165, 1.54) is 0 Å². The number of hydrogen-bond donors (Lipinski definition) is 0. The fraction of sp³-hybridized carbons (Fsp3) is 0.786. The van der Waals surface area contributed by atoms with Crippen molar-refractivity contribution in [2.24, 2.45) is 0 Å². The van der Waals surface area contributed by atoms with Crippen LogP contribution in [0.4, 0.5) is 5.95 Å². The first kappa shape index (κ1) is 16.2. The van der Waals surface area contributed by atoms with Gasteiger partial charge in [0.05, 0.1) is 6.10 Å². The fourth-order valence-electron chi connectivity index (χ4n) is 2.59. The van der Waals surface area contributed by atoms with E-state index in [0.29, 0.717) is 12.0 Å². The first-order chi connectivity index (χ1) is 10.2. The summed E-state index contributed by atoms with van der Waals surface area (Å²) >= 11 is 5.99. The minimum absolute atomic E-state index is 0.0757. The van der Waals surface area contributed by atoms with Gasteiger partial charge in [-0.3, -0.25) is 0 Å². The van der Waals surface area contributed by atoms with Crippen molar-refractivity contribution in [3.63, 3.8) is 0 Å². The molecule has 7 heteroatoms. The van der Waals surface area contributed by atoms with Gasteiger partial charge in [-0.15, -0.1) is 0 Å². The Morgan fingerprint density at radius 3 is 2.52 bits per heavy atom. The molecule has 0 radical (unpaired) electrons. The molecule has 1 aliphatic rings. The fourth-order valence-corrected chi connectivity index (χ4v) is 2.74. The summed E-state index contributed by atoms with van der Waals surface area (Å²) in [6.07, 6.45) is 4.35. The van der Waals surface area contributed by atoms with Crippen LogP contribution in [0.5, 0.6) is 6.01 Å². The Morgan fingerprint density at radius 2 is 1.86 bits per heavy atom. The standard InChI is InChI=1S/C14H23ClN4O2/c1-4-19(5-2)13-16-12(15)17-14(18-13)21-11-8-6-7-10(9-11)20-3/h10-11H,4-9H2,1-3H3. The molecule has 0 N–H and O–H groups in total. The molecule has 118 valence electrons. The smallest absolute Gasteiger partial charge is 0.322 e. The van der Waals surface area contributed by atoms with E-state index in [9.17, 15) is 0 Å². The van der Waals surface area contributed by atoms with Gasteiger partial charge in [-0.1, -0.05) is 0 Å². The van der Waals surface area contributed by atoms with E-state index in [0.717, 1.165) is 38.8 Å². The van der Waals surface area contributed by atoms with Crippen molar-refractivity contribution < 1.29 is 9.47 Å². The molecule has 0 amide bonds. The summed E-state index contributed by atoms with van der Waals surface area (Å²) in [5.41, 5.74) is 0. The van der Waals surface area contributed by atoms with Crippen molar-refractivity contribution in [3.05, 3.63) is 5.28 Å². The lowest BCUT2D eigenvalue weighted by atomic mass is 9.95. The molecule has 2 unspecified atom stereocenters. The van der Waals surface area contributed by atoms with Gasteiger partial charge in [-0.2, -0.15) is 15.0 Å². The molecule has 1 aliphatic carbocycles. The molecule has 0 saturated heterocycles. The van der Waals surface area contributed by atoms with Crippen LogP contribution in [0.15, 0.2) is 0 Å². The number of methoxy groups -OCH3 is 1. The summed E-state index contributed by atoms with van der Waals surface area (Å²) < 4.78 is 11.3. The summed E-state index contributed by atoms with van der Waals surface area (Å²) in [7, 11) is 1.74. The van der Waals surface area contributed by atoms with E-state index in [-0.39, 0.29) is 17.5 Å². The van der Waals surface area contributed by atoms with E-state index in [1.807, 2.05) is 18.7 Å². The number of nitrogens with zero attached hydrogens (tertiary/aromatic N) is 4. The number of aromatic nitrogens is 3. The molecule has 0 spiro atoms. The predicted octanol–water partition coefficient (Wildman–Crippen LogP) is 2.71. The number of anilines is 1. The van der Waals surface area contributed by atoms with Gasteiger partial charge < -0.3 is 14.4 Å². The zero-order valence-corrected chi connectivity index (χ0v) is 13.6. The number of ether oxygens (including phenoxy) is 2. The molecule has 2 rings (SSSR count). The Kier molecular flexibility index (Phi) is 5.99. The first-order valence-electron chi connectivity index (χ1n) is 7.52. The van der Waals surface area contributed by atoms with Gasteiger partial charge in [0.15, 0.2) is 0 Å². The Morgan fingerprint density at radius 1 is 1.14 bits per heavy atom. The number of rotatable bonds is 6. The SMILES string of the molecule is CCN(CC)c1nc(Cl)nc(OC2CCCC(OC)C2)n1. The predicted molar refractivity (Wildman–Crippen MR) is 82.1 cm³/mol. The van der Waals surface area contributed by atoms with Crippen LogP contribution >= 0.6 is 11.6 Å². The van der Waals surface area contributed by atoms with Crippen LogP contribution in [0.1, 0.15) is 39.5 Å². The molecular weight excluding hydrogens is 292 g/mol. The highest BCUT2D eigenvalue weighted by Crippen LogP contribution is 2.25. The lowest BCUT2D eigenvalue weighted by Crippen LogP contribution is -2.30. The summed E-state index contributed by atoms with van der Waals surface area (Å²) in [5.74, 6) is 0.564. The van der Waals surface area contributed by atoms with Gasteiger partial charge in [-0.25, -0.2) is 0 Å². The molecule has 1 aromatic rings. The normalized spacial score (nSPS) is 22.1. The third kappa shape index (κ3) is 4.41. The van der Waals surface area contributed by atoms with Gasteiger partial charge in [0.2, 0.25) is 11.2 Å². The Balaban J connectivity index is 2.09. The highest BCUT2D eigenvalue weighted by molar-refractivity contribution is 6.28. The van der Waals surface area contributed by atoms with Gasteiger partial charge in [-0.05, 0) is 44.7 Å². The van der Waals surface area contributed by atoms with Crippen LogP contribution in [0.3, 0.4) is 0 Å². The Labute approximate surface area is 130 Å². The van der Waals surface area contributed by atoms with Crippen LogP contribution in [-0.2, 0) is 4.74 Å². The maximum absolute atomic E-state index is 5.99. The highest BCUT2D eigenvalue weighted by atomic mass is 35.5. The van der Waals surface area contributed by atoms with Crippen LogP contribution in [0.2, 0.25) is 5.28 Å². The third-order valence-electron chi connectivity index (χ3n) is 3.81. The van der Waals surface area contributed by atoms with Crippen molar-refractivity contribution in [2.75, 3.05) is 25.1 Å². The molecule has 21 heavy (non-hydrogen) atoms. The van der Waals surface area contributed by atoms with E-state index < -0.39 is 0 Å². The number of hydrogen-bond acceptors (Lipinski definition) is 6. The molecule has 6 nitrogen and oxygen atoms in total.